The topological polar surface area (TPSA) is 52.5 Å². The van der Waals surface area contributed by atoms with E-state index in [1.807, 2.05) is 0 Å². The number of para-hydroxylation sites is 1. The number of phenols is 2. The lowest BCUT2D eigenvalue weighted by Crippen LogP contribution is -2.18. The fourth-order valence-electron chi connectivity index (χ4n) is 1.99. The Morgan fingerprint density at radius 3 is 2.45 bits per heavy atom. The second kappa shape index (κ2) is 6.68. The van der Waals surface area contributed by atoms with Crippen molar-refractivity contribution in [2.45, 2.75) is 24.4 Å². The number of thioether (sulfide) groups is 1. The fourth-order valence-corrected chi connectivity index (χ4v) is 2.40. The molecule has 3 N–H and O–H groups in total. The summed E-state index contributed by atoms with van der Waals surface area (Å²) in [6.45, 7) is 2.58. The molecule has 0 heterocycles. The van der Waals surface area contributed by atoms with Crippen LogP contribution in [0.5, 0.6) is 11.5 Å². The molecule has 1 unspecified atom stereocenters. The number of phenolic OH excluding ortho intramolecular Hbond substituents is 2. The molecule has 106 valence electrons. The van der Waals surface area contributed by atoms with Gasteiger partial charge in [-0.1, -0.05) is 24.3 Å². The van der Waals surface area contributed by atoms with Crippen LogP contribution in [0.1, 0.15) is 24.1 Å². The number of hydrogen-bond donors (Lipinski definition) is 3. The Kier molecular flexibility index (Phi) is 4.93. The van der Waals surface area contributed by atoms with Gasteiger partial charge in [0.05, 0.1) is 0 Å². The van der Waals surface area contributed by atoms with Crippen LogP contribution in [0.25, 0.3) is 0 Å². The van der Waals surface area contributed by atoms with Gasteiger partial charge in [0, 0.05) is 23.0 Å². The summed E-state index contributed by atoms with van der Waals surface area (Å²) >= 11 is 1.72. The molecule has 0 aliphatic heterocycles. The molecule has 0 saturated heterocycles. The molecule has 0 aromatic heterocycles. The van der Waals surface area contributed by atoms with Crippen molar-refractivity contribution < 1.29 is 10.2 Å². The van der Waals surface area contributed by atoms with Crippen molar-refractivity contribution in [1.29, 1.82) is 0 Å². The molecule has 0 bridgehead atoms. The van der Waals surface area contributed by atoms with Crippen molar-refractivity contribution in [2.75, 3.05) is 6.26 Å². The van der Waals surface area contributed by atoms with Gasteiger partial charge in [0.2, 0.25) is 0 Å². The minimum atomic E-state index is -0.0822. The highest BCUT2D eigenvalue weighted by molar-refractivity contribution is 7.98. The molecule has 2 aromatic rings. The third-order valence-electron chi connectivity index (χ3n) is 3.31. The van der Waals surface area contributed by atoms with E-state index in [4.69, 9.17) is 0 Å². The summed E-state index contributed by atoms with van der Waals surface area (Å²) in [5.74, 6) is -0.133. The van der Waals surface area contributed by atoms with E-state index in [1.54, 1.807) is 23.9 Å². The van der Waals surface area contributed by atoms with Crippen LogP contribution in [0.15, 0.2) is 47.4 Å². The van der Waals surface area contributed by atoms with Crippen LogP contribution < -0.4 is 5.32 Å². The molecule has 2 aromatic carbocycles. The summed E-state index contributed by atoms with van der Waals surface area (Å²) in [5, 5.41) is 22.6. The average Bonchev–Trinajstić information content (AvgIpc) is 2.48. The van der Waals surface area contributed by atoms with E-state index in [0.717, 1.165) is 0 Å². The van der Waals surface area contributed by atoms with Crippen molar-refractivity contribution in [2.24, 2.45) is 0 Å². The molecular weight excluding hydrogens is 270 g/mol. The molecular formula is C16H19NO2S. The SMILES string of the molecule is CSc1ccc(C(C)NCc2cccc(O)c2O)cc1. The van der Waals surface area contributed by atoms with Crippen molar-refractivity contribution in [3.63, 3.8) is 0 Å². The first-order chi connectivity index (χ1) is 9.61. The quantitative estimate of drug-likeness (QED) is 0.580. The van der Waals surface area contributed by atoms with Gasteiger partial charge < -0.3 is 15.5 Å². The highest BCUT2D eigenvalue weighted by Gasteiger charge is 2.09. The first-order valence-electron chi connectivity index (χ1n) is 6.49. The fraction of sp³-hybridized carbons (Fsp3) is 0.250. The minimum absolute atomic E-state index is 0.0510. The van der Waals surface area contributed by atoms with Crippen molar-refractivity contribution in [3.8, 4) is 11.5 Å². The maximum absolute atomic E-state index is 9.76. The van der Waals surface area contributed by atoms with Crippen molar-refractivity contribution in [3.05, 3.63) is 53.6 Å². The van der Waals surface area contributed by atoms with Gasteiger partial charge in [-0.15, -0.1) is 11.8 Å². The van der Waals surface area contributed by atoms with Crippen LogP contribution in [0.4, 0.5) is 0 Å². The van der Waals surface area contributed by atoms with Gasteiger partial charge in [-0.25, -0.2) is 0 Å². The largest absolute Gasteiger partial charge is 0.504 e. The summed E-state index contributed by atoms with van der Waals surface area (Å²) < 4.78 is 0. The van der Waals surface area contributed by atoms with E-state index in [-0.39, 0.29) is 17.5 Å². The van der Waals surface area contributed by atoms with Gasteiger partial charge in [-0.2, -0.15) is 0 Å². The average molecular weight is 289 g/mol. The summed E-state index contributed by atoms with van der Waals surface area (Å²) in [6.07, 6.45) is 2.06. The van der Waals surface area contributed by atoms with E-state index in [9.17, 15) is 10.2 Å². The number of hydrogen-bond acceptors (Lipinski definition) is 4. The second-order valence-electron chi connectivity index (χ2n) is 4.66. The van der Waals surface area contributed by atoms with Crippen LogP contribution in [0, 0.1) is 0 Å². The molecule has 0 aliphatic carbocycles. The summed E-state index contributed by atoms with van der Waals surface area (Å²) in [7, 11) is 0. The van der Waals surface area contributed by atoms with Gasteiger partial charge in [-0.3, -0.25) is 0 Å². The van der Waals surface area contributed by atoms with E-state index in [0.29, 0.717) is 12.1 Å². The first-order valence-corrected chi connectivity index (χ1v) is 7.71. The second-order valence-corrected chi connectivity index (χ2v) is 5.54. The lowest BCUT2D eigenvalue weighted by atomic mass is 10.1. The van der Waals surface area contributed by atoms with E-state index in [2.05, 4.69) is 42.8 Å². The van der Waals surface area contributed by atoms with E-state index < -0.39 is 0 Å². The Labute approximate surface area is 123 Å². The summed E-state index contributed by atoms with van der Waals surface area (Å²) in [4.78, 5) is 1.24. The van der Waals surface area contributed by atoms with Crippen LogP contribution in [0.2, 0.25) is 0 Å². The third-order valence-corrected chi connectivity index (χ3v) is 4.06. The predicted molar refractivity (Wildman–Crippen MR) is 83.2 cm³/mol. The molecule has 0 saturated carbocycles. The maximum Gasteiger partial charge on any atom is 0.161 e. The highest BCUT2D eigenvalue weighted by atomic mass is 32.2. The van der Waals surface area contributed by atoms with E-state index in [1.165, 1.54) is 16.5 Å². The highest BCUT2D eigenvalue weighted by Crippen LogP contribution is 2.28. The van der Waals surface area contributed by atoms with Crippen LogP contribution in [-0.4, -0.2) is 16.5 Å². The smallest absolute Gasteiger partial charge is 0.161 e. The lowest BCUT2D eigenvalue weighted by Gasteiger charge is -2.15. The number of rotatable bonds is 5. The monoisotopic (exact) mass is 289 g/mol. The summed E-state index contributed by atoms with van der Waals surface area (Å²) in [5.41, 5.74) is 1.89. The number of benzene rings is 2. The Bertz CT molecular complexity index is 569. The maximum atomic E-state index is 9.76. The zero-order valence-electron chi connectivity index (χ0n) is 11.6. The molecule has 0 spiro atoms. The molecule has 3 nitrogen and oxygen atoms in total. The molecule has 20 heavy (non-hydrogen) atoms. The predicted octanol–water partition coefficient (Wildman–Crippen LogP) is 3.67. The minimum Gasteiger partial charge on any atom is -0.504 e. The van der Waals surface area contributed by atoms with Crippen LogP contribution >= 0.6 is 11.8 Å². The Hall–Kier alpha value is -1.65. The number of aromatic hydroxyl groups is 2. The Morgan fingerprint density at radius 2 is 1.80 bits per heavy atom. The summed E-state index contributed by atoms with van der Waals surface area (Å²) in [6, 6.07) is 13.6. The standard InChI is InChI=1S/C16H19NO2S/c1-11(12-6-8-14(20-2)9-7-12)17-10-13-4-3-5-15(18)16(13)19/h3-9,11,17-19H,10H2,1-2H3. The van der Waals surface area contributed by atoms with Gasteiger partial charge in [-0.05, 0) is 36.9 Å². The van der Waals surface area contributed by atoms with Gasteiger partial charge in [0.15, 0.2) is 11.5 Å². The molecule has 4 heteroatoms. The molecule has 0 radical (unpaired) electrons. The zero-order chi connectivity index (χ0) is 14.5. The molecule has 2 rings (SSSR count). The Morgan fingerprint density at radius 1 is 1.10 bits per heavy atom. The van der Waals surface area contributed by atoms with Crippen LogP contribution in [-0.2, 0) is 6.54 Å². The molecule has 0 fully saturated rings. The van der Waals surface area contributed by atoms with Gasteiger partial charge in [0.25, 0.3) is 0 Å². The van der Waals surface area contributed by atoms with Crippen LogP contribution in [0.3, 0.4) is 0 Å². The lowest BCUT2D eigenvalue weighted by molar-refractivity contribution is 0.396. The Balaban J connectivity index is 2.00. The van der Waals surface area contributed by atoms with Crippen molar-refractivity contribution in [1.82, 2.24) is 5.32 Å². The normalized spacial score (nSPS) is 12.3. The number of nitrogens with one attached hydrogen (secondary N) is 1. The third kappa shape index (κ3) is 3.46. The van der Waals surface area contributed by atoms with Crippen molar-refractivity contribution >= 4 is 11.8 Å². The van der Waals surface area contributed by atoms with Gasteiger partial charge >= 0.3 is 0 Å². The van der Waals surface area contributed by atoms with Gasteiger partial charge in [0.1, 0.15) is 0 Å². The molecule has 0 aliphatic rings. The van der Waals surface area contributed by atoms with E-state index >= 15 is 0 Å². The first kappa shape index (κ1) is 14.8. The zero-order valence-corrected chi connectivity index (χ0v) is 12.4. The molecule has 0 amide bonds. The molecule has 1 atom stereocenters.